The molecular weight excluding hydrogens is 286 g/mol. The summed E-state index contributed by atoms with van der Waals surface area (Å²) in [6, 6.07) is 3.38. The summed E-state index contributed by atoms with van der Waals surface area (Å²) in [6.07, 6.45) is 2.49. The Morgan fingerprint density at radius 3 is 2.60 bits per heavy atom. The van der Waals surface area contributed by atoms with Gasteiger partial charge in [-0.3, -0.25) is 9.40 Å². The van der Waals surface area contributed by atoms with Crippen LogP contribution < -0.4 is 4.72 Å². The van der Waals surface area contributed by atoms with Gasteiger partial charge in [-0.2, -0.15) is 5.10 Å². The molecule has 0 saturated heterocycles. The van der Waals surface area contributed by atoms with E-state index in [9.17, 15) is 18.3 Å². The number of anilines is 1. The molecule has 0 bridgehead atoms. The van der Waals surface area contributed by atoms with Gasteiger partial charge >= 0.3 is 5.97 Å². The molecule has 0 unspecified atom stereocenters. The van der Waals surface area contributed by atoms with Crippen LogP contribution in [0.3, 0.4) is 0 Å². The molecule has 2 rings (SSSR count). The van der Waals surface area contributed by atoms with Crippen LogP contribution in [0.5, 0.6) is 5.75 Å². The zero-order valence-corrected chi connectivity index (χ0v) is 11.1. The second kappa shape index (κ2) is 4.85. The standard InChI is InChI=1S/C11H11N3O5S/c1-14-6-8(5-12-14)20(18,19)13-7-2-3-9(11(16)17)10(15)4-7/h2-6,13,15H,1H3,(H,16,17). The third kappa shape index (κ3) is 2.72. The second-order valence-corrected chi connectivity index (χ2v) is 5.67. The van der Waals surface area contributed by atoms with Crippen molar-refractivity contribution in [1.82, 2.24) is 9.78 Å². The lowest BCUT2D eigenvalue weighted by molar-refractivity contribution is 0.0694. The molecule has 9 heteroatoms. The number of carboxylic acid groups (broad SMARTS) is 1. The van der Waals surface area contributed by atoms with Crippen LogP contribution in [-0.4, -0.2) is 34.4 Å². The van der Waals surface area contributed by atoms with E-state index in [1.807, 2.05) is 0 Å². The maximum Gasteiger partial charge on any atom is 0.339 e. The van der Waals surface area contributed by atoms with Crippen molar-refractivity contribution in [3.05, 3.63) is 36.2 Å². The zero-order valence-electron chi connectivity index (χ0n) is 10.3. The van der Waals surface area contributed by atoms with Crippen LogP contribution in [0.15, 0.2) is 35.5 Å². The number of aromatic nitrogens is 2. The number of rotatable bonds is 4. The summed E-state index contributed by atoms with van der Waals surface area (Å²) < 4.78 is 27.5. The minimum atomic E-state index is -3.83. The Bertz CT molecular complexity index is 766. The van der Waals surface area contributed by atoms with E-state index in [2.05, 4.69) is 9.82 Å². The van der Waals surface area contributed by atoms with Gasteiger partial charge in [0.25, 0.3) is 10.0 Å². The number of hydrogen-bond donors (Lipinski definition) is 3. The largest absolute Gasteiger partial charge is 0.507 e. The van der Waals surface area contributed by atoms with Crippen molar-refractivity contribution in [3.63, 3.8) is 0 Å². The number of nitrogens with one attached hydrogen (secondary N) is 1. The van der Waals surface area contributed by atoms with Crippen LogP contribution in [0, 0.1) is 0 Å². The number of phenols is 1. The lowest BCUT2D eigenvalue weighted by atomic mass is 10.2. The minimum Gasteiger partial charge on any atom is -0.507 e. The minimum absolute atomic E-state index is 0.0400. The third-order valence-corrected chi connectivity index (χ3v) is 3.81. The fourth-order valence-corrected chi connectivity index (χ4v) is 2.56. The predicted octanol–water partition coefficient (Wildman–Crippen LogP) is 0.625. The molecule has 0 aliphatic heterocycles. The van der Waals surface area contributed by atoms with Gasteiger partial charge in [-0.25, -0.2) is 13.2 Å². The number of sulfonamides is 1. The first-order chi connectivity index (χ1) is 9.29. The number of carbonyl (C=O) groups is 1. The van der Waals surface area contributed by atoms with E-state index in [0.717, 1.165) is 12.1 Å². The molecule has 2 aromatic rings. The normalized spacial score (nSPS) is 11.2. The molecule has 0 aliphatic rings. The maximum atomic E-state index is 12.0. The number of aryl methyl sites for hydroxylation is 1. The number of nitrogens with zero attached hydrogens (tertiary/aromatic N) is 2. The van der Waals surface area contributed by atoms with Gasteiger partial charge in [0.05, 0.1) is 11.9 Å². The Kier molecular flexibility index (Phi) is 3.36. The van der Waals surface area contributed by atoms with E-state index < -0.39 is 21.7 Å². The molecule has 0 spiro atoms. The monoisotopic (exact) mass is 297 g/mol. The molecule has 8 nitrogen and oxygen atoms in total. The number of aromatic hydroxyl groups is 1. The summed E-state index contributed by atoms with van der Waals surface area (Å²) in [4.78, 5) is 10.7. The highest BCUT2D eigenvalue weighted by molar-refractivity contribution is 7.92. The van der Waals surface area contributed by atoms with Gasteiger partial charge in [-0.05, 0) is 12.1 Å². The molecule has 0 radical (unpaired) electrons. The summed E-state index contributed by atoms with van der Waals surface area (Å²) in [6.45, 7) is 0. The van der Waals surface area contributed by atoms with Crippen molar-refractivity contribution < 1.29 is 23.4 Å². The average molecular weight is 297 g/mol. The van der Waals surface area contributed by atoms with E-state index >= 15 is 0 Å². The van der Waals surface area contributed by atoms with Crippen LogP contribution in [0.2, 0.25) is 0 Å². The van der Waals surface area contributed by atoms with Crippen LogP contribution in [0.25, 0.3) is 0 Å². The lowest BCUT2D eigenvalue weighted by Gasteiger charge is -2.07. The van der Waals surface area contributed by atoms with Crippen molar-refractivity contribution in [1.29, 1.82) is 0 Å². The lowest BCUT2D eigenvalue weighted by Crippen LogP contribution is -2.12. The zero-order chi connectivity index (χ0) is 14.9. The van der Waals surface area contributed by atoms with Gasteiger partial charge in [0.2, 0.25) is 0 Å². The molecule has 1 aromatic carbocycles. The molecule has 1 aromatic heterocycles. The quantitative estimate of drug-likeness (QED) is 0.760. The molecule has 3 N–H and O–H groups in total. The van der Waals surface area contributed by atoms with Gasteiger partial charge in [-0.15, -0.1) is 0 Å². The van der Waals surface area contributed by atoms with E-state index in [0.29, 0.717) is 0 Å². The number of carboxylic acids is 1. The first-order valence-electron chi connectivity index (χ1n) is 5.37. The summed E-state index contributed by atoms with van der Waals surface area (Å²) in [5, 5.41) is 22.0. The Morgan fingerprint density at radius 2 is 2.10 bits per heavy atom. The fraction of sp³-hybridized carbons (Fsp3) is 0.0909. The molecular formula is C11H11N3O5S. The molecule has 20 heavy (non-hydrogen) atoms. The van der Waals surface area contributed by atoms with E-state index in [-0.39, 0.29) is 16.1 Å². The maximum absolute atomic E-state index is 12.0. The highest BCUT2D eigenvalue weighted by Crippen LogP contribution is 2.23. The fourth-order valence-electron chi connectivity index (χ4n) is 1.53. The summed E-state index contributed by atoms with van der Waals surface area (Å²) in [5.74, 6) is -1.83. The van der Waals surface area contributed by atoms with Gasteiger partial charge in [0.1, 0.15) is 16.2 Å². The van der Waals surface area contributed by atoms with Crippen molar-refractivity contribution >= 4 is 21.7 Å². The van der Waals surface area contributed by atoms with Gasteiger partial charge in [0.15, 0.2) is 0 Å². The molecule has 0 saturated carbocycles. The van der Waals surface area contributed by atoms with E-state index in [4.69, 9.17) is 5.11 Å². The highest BCUT2D eigenvalue weighted by atomic mass is 32.2. The molecule has 0 atom stereocenters. The van der Waals surface area contributed by atoms with Crippen molar-refractivity contribution in [2.24, 2.45) is 7.05 Å². The SMILES string of the molecule is Cn1cc(S(=O)(=O)Nc2ccc(C(=O)O)c(O)c2)cn1. The number of hydrogen-bond acceptors (Lipinski definition) is 5. The van der Waals surface area contributed by atoms with Crippen molar-refractivity contribution in [3.8, 4) is 5.75 Å². The topological polar surface area (TPSA) is 122 Å². The van der Waals surface area contributed by atoms with Gasteiger partial charge in [0, 0.05) is 19.3 Å². The molecule has 1 heterocycles. The molecule has 0 aliphatic carbocycles. The van der Waals surface area contributed by atoms with Crippen LogP contribution >= 0.6 is 0 Å². The summed E-state index contributed by atoms with van der Waals surface area (Å²) in [7, 11) is -2.26. The molecule has 0 fully saturated rings. The Labute approximate surface area is 114 Å². The Morgan fingerprint density at radius 1 is 1.40 bits per heavy atom. The van der Waals surface area contributed by atoms with E-state index in [1.54, 1.807) is 7.05 Å². The highest BCUT2D eigenvalue weighted by Gasteiger charge is 2.17. The second-order valence-electron chi connectivity index (χ2n) is 3.99. The summed E-state index contributed by atoms with van der Waals surface area (Å²) >= 11 is 0. The summed E-state index contributed by atoms with van der Waals surface area (Å²) in [5.41, 5.74) is -0.259. The van der Waals surface area contributed by atoms with Gasteiger partial charge < -0.3 is 10.2 Å². The Balaban J connectivity index is 2.30. The van der Waals surface area contributed by atoms with Crippen LogP contribution in [0.4, 0.5) is 5.69 Å². The van der Waals surface area contributed by atoms with Crippen molar-refractivity contribution in [2.75, 3.05) is 4.72 Å². The molecule has 0 amide bonds. The smallest absolute Gasteiger partial charge is 0.339 e. The predicted molar refractivity (Wildman–Crippen MR) is 69.1 cm³/mol. The third-order valence-electron chi connectivity index (χ3n) is 2.47. The molecule has 106 valence electrons. The van der Waals surface area contributed by atoms with Crippen LogP contribution in [-0.2, 0) is 17.1 Å². The Hall–Kier alpha value is -2.55. The van der Waals surface area contributed by atoms with Crippen molar-refractivity contribution in [2.45, 2.75) is 4.90 Å². The van der Waals surface area contributed by atoms with Crippen LogP contribution in [0.1, 0.15) is 10.4 Å². The van der Waals surface area contributed by atoms with Gasteiger partial charge in [-0.1, -0.05) is 0 Å². The first-order valence-corrected chi connectivity index (χ1v) is 6.86. The first kappa shape index (κ1) is 13.9. The number of benzene rings is 1. The number of aromatic carboxylic acids is 1. The van der Waals surface area contributed by atoms with E-state index in [1.165, 1.54) is 23.1 Å². The average Bonchev–Trinajstić information content (AvgIpc) is 2.75.